The molecule has 2 heteroatoms. The second kappa shape index (κ2) is 3.87. The van der Waals surface area contributed by atoms with Crippen molar-refractivity contribution in [3.8, 4) is 0 Å². The normalized spacial score (nSPS) is 38.9. The minimum absolute atomic E-state index is 0.196. The standard InChI is InChI=1S/C12H19NO/c1-11-6-5-9-14-10-12(11)7-3-4-8-13(12)2/h3-6,11H,7-10H2,1-2H3/t11-,12+/m0/s1. The van der Waals surface area contributed by atoms with Gasteiger partial charge in [0.2, 0.25) is 0 Å². The molecule has 14 heavy (non-hydrogen) atoms. The van der Waals surface area contributed by atoms with Crippen molar-refractivity contribution in [2.75, 3.05) is 26.8 Å². The van der Waals surface area contributed by atoms with Crippen molar-refractivity contribution >= 4 is 0 Å². The maximum Gasteiger partial charge on any atom is 0.0663 e. The highest BCUT2D eigenvalue weighted by Crippen LogP contribution is 2.33. The zero-order chi connectivity index (χ0) is 10.0. The first-order valence-electron chi connectivity index (χ1n) is 5.36. The molecule has 2 rings (SSSR count). The summed E-state index contributed by atoms with van der Waals surface area (Å²) in [5.74, 6) is 0.569. The van der Waals surface area contributed by atoms with Gasteiger partial charge in [0, 0.05) is 6.54 Å². The molecule has 0 saturated carbocycles. The highest BCUT2D eigenvalue weighted by atomic mass is 16.5. The van der Waals surface area contributed by atoms with Crippen LogP contribution in [0.1, 0.15) is 13.3 Å². The van der Waals surface area contributed by atoms with E-state index in [1.165, 1.54) is 0 Å². The molecule has 2 nitrogen and oxygen atoms in total. The third-order valence-corrected chi connectivity index (χ3v) is 3.62. The van der Waals surface area contributed by atoms with Gasteiger partial charge in [-0.2, -0.15) is 0 Å². The van der Waals surface area contributed by atoms with Crippen LogP contribution in [0.5, 0.6) is 0 Å². The third kappa shape index (κ3) is 1.53. The van der Waals surface area contributed by atoms with Crippen molar-refractivity contribution in [3.63, 3.8) is 0 Å². The van der Waals surface area contributed by atoms with Gasteiger partial charge in [-0.15, -0.1) is 0 Å². The Morgan fingerprint density at radius 3 is 3.00 bits per heavy atom. The Bertz CT molecular complexity index is 259. The first-order chi connectivity index (χ1) is 6.76. The molecular formula is C12H19NO. The maximum atomic E-state index is 5.67. The Kier molecular flexibility index (Phi) is 2.75. The van der Waals surface area contributed by atoms with Gasteiger partial charge in [0.05, 0.1) is 18.8 Å². The lowest BCUT2D eigenvalue weighted by Gasteiger charge is -2.45. The van der Waals surface area contributed by atoms with E-state index in [-0.39, 0.29) is 5.54 Å². The van der Waals surface area contributed by atoms with Gasteiger partial charge in [-0.05, 0) is 19.4 Å². The van der Waals surface area contributed by atoms with Gasteiger partial charge in [-0.25, -0.2) is 0 Å². The van der Waals surface area contributed by atoms with Crippen LogP contribution in [0.2, 0.25) is 0 Å². The van der Waals surface area contributed by atoms with Crippen LogP contribution in [0.15, 0.2) is 24.3 Å². The Labute approximate surface area is 86.2 Å². The van der Waals surface area contributed by atoms with Gasteiger partial charge >= 0.3 is 0 Å². The van der Waals surface area contributed by atoms with Crippen LogP contribution >= 0.6 is 0 Å². The van der Waals surface area contributed by atoms with Gasteiger partial charge in [-0.1, -0.05) is 31.2 Å². The van der Waals surface area contributed by atoms with E-state index >= 15 is 0 Å². The molecule has 0 aromatic heterocycles. The predicted octanol–water partition coefficient (Wildman–Crippen LogP) is 1.84. The molecule has 78 valence electrons. The number of nitrogens with zero attached hydrogens (tertiary/aromatic N) is 1. The van der Waals surface area contributed by atoms with Gasteiger partial charge < -0.3 is 4.74 Å². The molecule has 0 amide bonds. The zero-order valence-electron chi connectivity index (χ0n) is 9.07. The maximum absolute atomic E-state index is 5.67. The molecule has 0 N–H and O–H groups in total. The smallest absolute Gasteiger partial charge is 0.0663 e. The van der Waals surface area contributed by atoms with E-state index in [9.17, 15) is 0 Å². The van der Waals surface area contributed by atoms with Crippen LogP contribution in [0.3, 0.4) is 0 Å². The van der Waals surface area contributed by atoms with Gasteiger partial charge in [0.25, 0.3) is 0 Å². The highest BCUT2D eigenvalue weighted by Gasteiger charge is 2.39. The number of ether oxygens (including phenoxy) is 1. The summed E-state index contributed by atoms with van der Waals surface area (Å²) in [6, 6.07) is 0. The average molecular weight is 193 g/mol. The first-order valence-corrected chi connectivity index (χ1v) is 5.36. The Hall–Kier alpha value is -0.600. The van der Waals surface area contributed by atoms with E-state index < -0.39 is 0 Å². The van der Waals surface area contributed by atoms with Crippen molar-refractivity contribution in [1.82, 2.24) is 4.90 Å². The molecule has 1 spiro atoms. The molecule has 0 radical (unpaired) electrons. The highest BCUT2D eigenvalue weighted by molar-refractivity contribution is 5.12. The number of likely N-dealkylation sites (N-methyl/N-ethyl adjacent to an activating group) is 1. The fraction of sp³-hybridized carbons (Fsp3) is 0.667. The summed E-state index contributed by atoms with van der Waals surface area (Å²) in [5.41, 5.74) is 0.196. The molecule has 0 aromatic rings. The summed E-state index contributed by atoms with van der Waals surface area (Å²) < 4.78 is 5.67. The van der Waals surface area contributed by atoms with Crippen molar-refractivity contribution in [1.29, 1.82) is 0 Å². The van der Waals surface area contributed by atoms with Crippen LogP contribution in [0, 0.1) is 5.92 Å². The van der Waals surface area contributed by atoms with Crippen LogP contribution in [-0.4, -0.2) is 37.2 Å². The van der Waals surface area contributed by atoms with Crippen molar-refractivity contribution in [2.45, 2.75) is 18.9 Å². The minimum atomic E-state index is 0.196. The van der Waals surface area contributed by atoms with Crippen molar-refractivity contribution in [2.24, 2.45) is 5.92 Å². The molecule has 2 aliphatic heterocycles. The summed E-state index contributed by atoms with van der Waals surface area (Å²) in [5, 5.41) is 0. The van der Waals surface area contributed by atoms with Gasteiger partial charge in [0.15, 0.2) is 0 Å². The number of hydrogen-bond donors (Lipinski definition) is 0. The summed E-state index contributed by atoms with van der Waals surface area (Å²) in [6.07, 6.45) is 10.1. The topological polar surface area (TPSA) is 12.5 Å². The Morgan fingerprint density at radius 2 is 2.21 bits per heavy atom. The summed E-state index contributed by atoms with van der Waals surface area (Å²) >= 11 is 0. The van der Waals surface area contributed by atoms with E-state index in [0.29, 0.717) is 5.92 Å². The van der Waals surface area contributed by atoms with Crippen LogP contribution in [0.25, 0.3) is 0 Å². The Balaban J connectivity index is 2.26. The summed E-state index contributed by atoms with van der Waals surface area (Å²) in [6.45, 7) is 4.95. The zero-order valence-corrected chi connectivity index (χ0v) is 9.07. The summed E-state index contributed by atoms with van der Waals surface area (Å²) in [7, 11) is 2.20. The monoisotopic (exact) mass is 193 g/mol. The largest absolute Gasteiger partial charge is 0.375 e. The molecule has 2 aliphatic rings. The van der Waals surface area contributed by atoms with E-state index in [1.807, 2.05) is 0 Å². The minimum Gasteiger partial charge on any atom is -0.375 e. The summed E-state index contributed by atoms with van der Waals surface area (Å²) in [4.78, 5) is 2.42. The van der Waals surface area contributed by atoms with E-state index in [2.05, 4.69) is 43.2 Å². The van der Waals surface area contributed by atoms with Crippen LogP contribution < -0.4 is 0 Å². The van der Waals surface area contributed by atoms with E-state index in [0.717, 1.165) is 26.2 Å². The molecule has 0 bridgehead atoms. The van der Waals surface area contributed by atoms with E-state index in [1.54, 1.807) is 0 Å². The molecule has 2 atom stereocenters. The molecule has 2 heterocycles. The number of hydrogen-bond acceptors (Lipinski definition) is 2. The van der Waals surface area contributed by atoms with Crippen LogP contribution in [0.4, 0.5) is 0 Å². The number of rotatable bonds is 0. The lowest BCUT2D eigenvalue weighted by Crippen LogP contribution is -2.55. The second-order valence-electron chi connectivity index (χ2n) is 4.39. The molecule has 0 unspecified atom stereocenters. The molecular weight excluding hydrogens is 174 g/mol. The van der Waals surface area contributed by atoms with Crippen LogP contribution in [-0.2, 0) is 4.74 Å². The molecule has 0 saturated heterocycles. The third-order valence-electron chi connectivity index (χ3n) is 3.62. The second-order valence-corrected chi connectivity index (χ2v) is 4.39. The Morgan fingerprint density at radius 1 is 1.36 bits per heavy atom. The average Bonchev–Trinajstić information content (AvgIpc) is 2.36. The lowest BCUT2D eigenvalue weighted by atomic mass is 9.79. The fourth-order valence-electron chi connectivity index (χ4n) is 2.43. The SMILES string of the molecule is C[C@H]1C=CCOC[C@]12CC=CCN2C. The van der Waals surface area contributed by atoms with E-state index in [4.69, 9.17) is 4.74 Å². The van der Waals surface area contributed by atoms with Gasteiger partial charge in [0.1, 0.15) is 0 Å². The lowest BCUT2D eigenvalue weighted by molar-refractivity contribution is -0.000272. The predicted molar refractivity (Wildman–Crippen MR) is 58.2 cm³/mol. The molecule has 0 fully saturated rings. The first kappa shape index (κ1) is 9.94. The fourth-order valence-corrected chi connectivity index (χ4v) is 2.43. The molecule has 0 aromatic carbocycles. The molecule has 0 aliphatic carbocycles. The van der Waals surface area contributed by atoms with Crippen molar-refractivity contribution < 1.29 is 4.74 Å². The quantitative estimate of drug-likeness (QED) is 0.544. The van der Waals surface area contributed by atoms with Crippen molar-refractivity contribution in [3.05, 3.63) is 24.3 Å². The van der Waals surface area contributed by atoms with Gasteiger partial charge in [-0.3, -0.25) is 4.90 Å².